The van der Waals surface area contributed by atoms with Crippen molar-refractivity contribution in [3.63, 3.8) is 0 Å². The zero-order chi connectivity index (χ0) is 12.4. The van der Waals surface area contributed by atoms with E-state index in [1.54, 1.807) is 6.07 Å². The summed E-state index contributed by atoms with van der Waals surface area (Å²) in [6.07, 6.45) is 0. The Kier molecular flexibility index (Phi) is 3.33. The van der Waals surface area contributed by atoms with Crippen molar-refractivity contribution in [3.05, 3.63) is 52.3 Å². The Labute approximate surface area is 108 Å². The summed E-state index contributed by atoms with van der Waals surface area (Å²) in [4.78, 5) is 0. The van der Waals surface area contributed by atoms with E-state index in [1.165, 1.54) is 12.1 Å². The summed E-state index contributed by atoms with van der Waals surface area (Å²) in [5, 5.41) is 3.14. The number of nitrogens with one attached hydrogen (secondary N) is 1. The predicted molar refractivity (Wildman–Crippen MR) is 73.0 cm³/mol. The van der Waals surface area contributed by atoms with E-state index in [1.807, 2.05) is 25.1 Å². The first-order chi connectivity index (χ1) is 8.04. The molecule has 3 N–H and O–H groups in total. The van der Waals surface area contributed by atoms with Crippen LogP contribution in [0.3, 0.4) is 0 Å². The minimum absolute atomic E-state index is 0.347. The Hall–Kier alpha value is -1.55. The van der Waals surface area contributed by atoms with Crippen LogP contribution in [0.25, 0.3) is 0 Å². The quantitative estimate of drug-likeness (QED) is 0.814. The molecule has 17 heavy (non-hydrogen) atoms. The van der Waals surface area contributed by atoms with Gasteiger partial charge in [-0.2, -0.15) is 0 Å². The molecule has 0 heterocycles. The van der Waals surface area contributed by atoms with E-state index in [0.29, 0.717) is 11.4 Å². The normalized spacial score (nSPS) is 10.3. The summed E-state index contributed by atoms with van der Waals surface area (Å²) < 4.78 is 14.1. The van der Waals surface area contributed by atoms with Gasteiger partial charge in [0.25, 0.3) is 0 Å². The van der Waals surface area contributed by atoms with Gasteiger partial charge in [0.1, 0.15) is 5.82 Å². The van der Waals surface area contributed by atoms with Gasteiger partial charge in [0, 0.05) is 21.5 Å². The Morgan fingerprint density at radius 2 is 1.94 bits per heavy atom. The lowest BCUT2D eigenvalue weighted by Crippen LogP contribution is -1.95. The Balaban J connectivity index is 2.34. The number of rotatable bonds is 2. The number of nitrogens with two attached hydrogens (primary N) is 1. The summed E-state index contributed by atoms with van der Waals surface area (Å²) in [6, 6.07) is 10.3. The molecule has 0 bridgehead atoms. The van der Waals surface area contributed by atoms with Crippen LogP contribution in [0.2, 0.25) is 0 Å². The molecule has 0 aliphatic rings. The van der Waals surface area contributed by atoms with Crippen LogP contribution >= 0.6 is 15.9 Å². The second-order valence-electron chi connectivity index (χ2n) is 3.86. The molecule has 0 aromatic heterocycles. The molecule has 0 aliphatic heterocycles. The van der Waals surface area contributed by atoms with Gasteiger partial charge in [-0.3, -0.25) is 0 Å². The summed E-state index contributed by atoms with van der Waals surface area (Å²) in [5.41, 5.74) is 8.64. The SMILES string of the molecule is Cc1ccc(Br)cc1Nc1cc(N)cc(F)c1. The van der Waals surface area contributed by atoms with Gasteiger partial charge in [-0.25, -0.2) is 4.39 Å². The summed E-state index contributed by atoms with van der Waals surface area (Å²) in [6.45, 7) is 1.98. The summed E-state index contributed by atoms with van der Waals surface area (Å²) >= 11 is 3.40. The molecule has 4 heteroatoms. The average molecular weight is 295 g/mol. The third-order valence-corrected chi connectivity index (χ3v) is 2.89. The Bertz CT molecular complexity index is 535. The molecular formula is C13H12BrFN2. The fourth-order valence-electron chi connectivity index (χ4n) is 1.57. The third kappa shape index (κ3) is 2.97. The third-order valence-electron chi connectivity index (χ3n) is 2.40. The molecule has 2 rings (SSSR count). The van der Waals surface area contributed by atoms with E-state index in [2.05, 4.69) is 21.2 Å². The average Bonchev–Trinajstić information content (AvgIpc) is 2.22. The molecule has 0 fully saturated rings. The topological polar surface area (TPSA) is 38.0 Å². The maximum Gasteiger partial charge on any atom is 0.127 e. The van der Waals surface area contributed by atoms with Gasteiger partial charge < -0.3 is 11.1 Å². The van der Waals surface area contributed by atoms with Crippen molar-refractivity contribution >= 4 is 33.0 Å². The van der Waals surface area contributed by atoms with E-state index in [9.17, 15) is 4.39 Å². The second kappa shape index (κ2) is 4.75. The molecule has 0 saturated carbocycles. The van der Waals surface area contributed by atoms with Crippen molar-refractivity contribution in [2.75, 3.05) is 11.1 Å². The van der Waals surface area contributed by atoms with E-state index >= 15 is 0 Å². The highest BCUT2D eigenvalue weighted by molar-refractivity contribution is 9.10. The molecule has 0 spiro atoms. The first-order valence-corrected chi connectivity index (χ1v) is 5.93. The Morgan fingerprint density at radius 1 is 1.18 bits per heavy atom. The van der Waals surface area contributed by atoms with Crippen molar-refractivity contribution in [2.24, 2.45) is 0 Å². The maximum absolute atomic E-state index is 13.2. The van der Waals surface area contributed by atoms with Gasteiger partial charge >= 0.3 is 0 Å². The van der Waals surface area contributed by atoms with E-state index < -0.39 is 0 Å². The van der Waals surface area contributed by atoms with Gasteiger partial charge in [-0.1, -0.05) is 22.0 Å². The fourth-order valence-corrected chi connectivity index (χ4v) is 1.93. The molecule has 0 unspecified atom stereocenters. The van der Waals surface area contributed by atoms with Crippen molar-refractivity contribution < 1.29 is 4.39 Å². The van der Waals surface area contributed by atoms with Gasteiger partial charge in [0.15, 0.2) is 0 Å². The lowest BCUT2D eigenvalue weighted by Gasteiger charge is -2.10. The zero-order valence-electron chi connectivity index (χ0n) is 9.30. The van der Waals surface area contributed by atoms with Crippen LogP contribution < -0.4 is 11.1 Å². The largest absolute Gasteiger partial charge is 0.399 e. The van der Waals surface area contributed by atoms with Crippen LogP contribution in [-0.4, -0.2) is 0 Å². The lowest BCUT2D eigenvalue weighted by atomic mass is 10.2. The van der Waals surface area contributed by atoms with Crippen LogP contribution in [0.15, 0.2) is 40.9 Å². The standard InChI is InChI=1S/C13H12BrFN2/c1-8-2-3-9(14)4-13(8)17-12-6-10(15)5-11(16)7-12/h2-7,17H,16H2,1H3. The van der Waals surface area contributed by atoms with Gasteiger partial charge in [-0.15, -0.1) is 0 Å². The van der Waals surface area contributed by atoms with Gasteiger partial charge in [-0.05, 0) is 42.8 Å². The van der Waals surface area contributed by atoms with Crippen LogP contribution in [0.1, 0.15) is 5.56 Å². The number of nitrogen functional groups attached to an aromatic ring is 1. The van der Waals surface area contributed by atoms with E-state index in [4.69, 9.17) is 5.73 Å². The highest BCUT2D eigenvalue weighted by Gasteiger charge is 2.02. The molecule has 0 radical (unpaired) electrons. The molecule has 0 atom stereocenters. The molecule has 2 aromatic rings. The maximum atomic E-state index is 13.2. The smallest absolute Gasteiger partial charge is 0.127 e. The fraction of sp³-hybridized carbons (Fsp3) is 0.0769. The Morgan fingerprint density at radius 3 is 2.65 bits per heavy atom. The first kappa shape index (κ1) is 11.9. The number of benzene rings is 2. The van der Waals surface area contributed by atoms with Crippen molar-refractivity contribution in [2.45, 2.75) is 6.92 Å². The molecular weight excluding hydrogens is 283 g/mol. The van der Waals surface area contributed by atoms with Gasteiger partial charge in [0.2, 0.25) is 0 Å². The van der Waals surface area contributed by atoms with E-state index in [0.717, 1.165) is 15.7 Å². The predicted octanol–water partition coefficient (Wildman–Crippen LogP) is 4.22. The number of hydrogen-bond acceptors (Lipinski definition) is 2. The summed E-state index contributed by atoms with van der Waals surface area (Å²) in [5.74, 6) is -0.347. The van der Waals surface area contributed by atoms with Crippen molar-refractivity contribution in [1.29, 1.82) is 0 Å². The highest BCUT2D eigenvalue weighted by atomic mass is 79.9. The van der Waals surface area contributed by atoms with Crippen LogP contribution in [0, 0.1) is 12.7 Å². The zero-order valence-corrected chi connectivity index (χ0v) is 10.9. The van der Waals surface area contributed by atoms with Crippen molar-refractivity contribution in [3.8, 4) is 0 Å². The summed E-state index contributed by atoms with van der Waals surface area (Å²) in [7, 11) is 0. The number of anilines is 3. The molecule has 0 saturated heterocycles. The van der Waals surface area contributed by atoms with Crippen LogP contribution in [0.5, 0.6) is 0 Å². The lowest BCUT2D eigenvalue weighted by molar-refractivity contribution is 0.629. The molecule has 0 amide bonds. The minimum atomic E-state index is -0.347. The molecule has 88 valence electrons. The number of hydrogen-bond donors (Lipinski definition) is 2. The number of halogens is 2. The van der Waals surface area contributed by atoms with Gasteiger partial charge in [0.05, 0.1) is 0 Å². The second-order valence-corrected chi connectivity index (χ2v) is 4.77. The molecule has 0 aliphatic carbocycles. The molecule has 2 nitrogen and oxygen atoms in total. The molecule has 2 aromatic carbocycles. The highest BCUT2D eigenvalue weighted by Crippen LogP contribution is 2.25. The first-order valence-electron chi connectivity index (χ1n) is 5.14. The van der Waals surface area contributed by atoms with Crippen LogP contribution in [-0.2, 0) is 0 Å². The number of aryl methyl sites for hydroxylation is 1. The minimum Gasteiger partial charge on any atom is -0.399 e. The monoisotopic (exact) mass is 294 g/mol. The van der Waals surface area contributed by atoms with Crippen molar-refractivity contribution in [1.82, 2.24) is 0 Å². The van der Waals surface area contributed by atoms with E-state index in [-0.39, 0.29) is 5.82 Å². The van der Waals surface area contributed by atoms with Crippen LogP contribution in [0.4, 0.5) is 21.5 Å².